The third-order valence-corrected chi connectivity index (χ3v) is 12.0. The average Bonchev–Trinajstić information content (AvgIpc) is 3.30. The Balaban J connectivity index is 1.12. The predicted molar refractivity (Wildman–Crippen MR) is 256 cm³/mol. The van der Waals surface area contributed by atoms with Gasteiger partial charge >= 0.3 is 0 Å². The van der Waals surface area contributed by atoms with Crippen LogP contribution in [0.15, 0.2) is 182 Å². The van der Waals surface area contributed by atoms with Crippen molar-refractivity contribution in [1.82, 2.24) is 9.80 Å². The van der Waals surface area contributed by atoms with Gasteiger partial charge in [0, 0.05) is 103 Å². The van der Waals surface area contributed by atoms with Gasteiger partial charge in [-0.25, -0.2) is 0 Å². The summed E-state index contributed by atoms with van der Waals surface area (Å²) in [6.07, 6.45) is 7.31. The lowest BCUT2D eigenvalue weighted by Gasteiger charge is -2.32. The molecular weight excluding hydrogens is 886 g/mol. The Bertz CT molecular complexity index is 2620. The molecule has 0 amide bonds. The van der Waals surface area contributed by atoms with Gasteiger partial charge in [0.1, 0.15) is 0 Å². The molecule has 2 unspecified atom stereocenters. The summed E-state index contributed by atoms with van der Waals surface area (Å²) < 4.78 is 0. The lowest BCUT2D eigenvalue weighted by atomic mass is 9.77. The van der Waals surface area contributed by atoms with E-state index in [0.29, 0.717) is 64.6 Å². The van der Waals surface area contributed by atoms with Crippen LogP contribution in [-0.2, 0) is 0 Å². The van der Waals surface area contributed by atoms with Gasteiger partial charge in [-0.3, -0.25) is 14.4 Å². The fourth-order valence-corrected chi connectivity index (χ4v) is 9.37. The first-order valence-corrected chi connectivity index (χ1v) is 22.0. The summed E-state index contributed by atoms with van der Waals surface area (Å²) in [5.74, 6) is -1.75. The van der Waals surface area contributed by atoms with Gasteiger partial charge in [-0.1, -0.05) is 156 Å². The molecule has 6 aromatic rings. The molecule has 0 radical (unpaired) electrons. The summed E-state index contributed by atoms with van der Waals surface area (Å²) in [7, 11) is 0. The van der Waals surface area contributed by atoms with Crippen molar-refractivity contribution in [3.63, 3.8) is 0 Å². The Hall–Kier alpha value is -6.03. The monoisotopic (exact) mass is 924 g/mol. The number of hydrogen-bond acceptors (Lipinski definition) is 7. The minimum absolute atomic E-state index is 0.148. The van der Waals surface area contributed by atoms with Crippen molar-refractivity contribution in [3.8, 4) is 0 Å². The maximum absolute atomic E-state index is 14.2. The maximum atomic E-state index is 14.2. The normalized spacial score (nSPS) is 16.1. The van der Waals surface area contributed by atoms with Crippen molar-refractivity contribution in [2.45, 2.75) is 11.8 Å². The summed E-state index contributed by atoms with van der Waals surface area (Å²) in [5, 5.41) is 21.6. The number of allylic oxidation sites excluding steroid dienone is 4. The Morgan fingerprint density at radius 3 is 1.08 bits per heavy atom. The number of Topliss-reactive ketones (excluding diaryl/α,β-unsaturated/α-hetero) is 2. The first-order chi connectivity index (χ1) is 31.0. The molecule has 8 rings (SSSR count). The molecule has 2 aliphatic rings. The van der Waals surface area contributed by atoms with Gasteiger partial charge in [0.25, 0.3) is 0 Å². The predicted octanol–water partition coefficient (Wildman–Crippen LogP) is 11.9. The van der Waals surface area contributed by atoms with Gasteiger partial charge in [-0.15, -0.1) is 0 Å². The SMILES string of the molecule is O=C(C1=CN(CCO)C=C(c2ccc(C(=O)c3ccc(C4=CN(CCO)C=C(C(=O)c5ccccc5)C4c4cc(Cl)cc(Cl)c4)cc3)cc2)C1c1cc(Cl)cc(Cl)c1)c1ccccc1. The van der Waals surface area contributed by atoms with E-state index < -0.39 is 11.8 Å². The smallest absolute Gasteiger partial charge is 0.193 e. The molecule has 64 heavy (non-hydrogen) atoms. The first kappa shape index (κ1) is 44.6. The standard InChI is InChI=1S/C53H40Cl4N2O5/c54-41-23-39(24-42(55)27-41)49-45(29-58(19-21-60)31-47(49)52(63)35-7-3-1-4-8-35)33-11-15-37(16-12-33)51(62)38-17-13-34(14-18-38)46-30-59(20-22-61)32-48(53(64)36-9-5-2-6-10-36)50(46)40-25-43(56)28-44(57)26-40/h1-18,23-32,49-50,60-61H,19-22H2. The third kappa shape index (κ3) is 9.71. The second-order valence-corrected chi connectivity index (χ2v) is 17.2. The fraction of sp³-hybridized carbons (Fsp3) is 0.113. The van der Waals surface area contributed by atoms with E-state index in [2.05, 4.69) is 0 Å². The van der Waals surface area contributed by atoms with Crippen LogP contribution in [0.25, 0.3) is 11.1 Å². The van der Waals surface area contributed by atoms with E-state index in [0.717, 1.165) is 22.3 Å². The number of carbonyl (C=O) groups excluding carboxylic acids is 3. The molecule has 2 aliphatic heterocycles. The minimum Gasteiger partial charge on any atom is -0.395 e. The topological polar surface area (TPSA) is 98.2 Å². The lowest BCUT2D eigenvalue weighted by Crippen LogP contribution is -2.26. The summed E-state index contributed by atoms with van der Waals surface area (Å²) in [5.41, 5.74) is 7.26. The van der Waals surface area contributed by atoms with Gasteiger partial charge in [-0.05, 0) is 69.8 Å². The number of benzene rings is 6. The second kappa shape index (κ2) is 19.8. The van der Waals surface area contributed by atoms with E-state index in [1.807, 2.05) is 73.1 Å². The molecule has 0 fully saturated rings. The number of nitrogens with zero attached hydrogens (tertiary/aromatic N) is 2. The molecule has 0 spiro atoms. The third-order valence-electron chi connectivity index (χ3n) is 11.2. The molecule has 6 aromatic carbocycles. The van der Waals surface area contributed by atoms with Gasteiger partial charge in [-0.2, -0.15) is 0 Å². The van der Waals surface area contributed by atoms with Crippen LogP contribution in [-0.4, -0.2) is 63.7 Å². The van der Waals surface area contributed by atoms with E-state index >= 15 is 0 Å². The Kier molecular flexibility index (Phi) is 13.8. The van der Waals surface area contributed by atoms with E-state index in [-0.39, 0.29) is 43.7 Å². The molecular formula is C53H40Cl4N2O5. The Labute approximate surface area is 391 Å². The molecule has 2 heterocycles. The highest BCUT2D eigenvalue weighted by molar-refractivity contribution is 6.35. The summed E-state index contributed by atoms with van der Waals surface area (Å²) in [6.45, 7) is 0.194. The van der Waals surface area contributed by atoms with Crippen LogP contribution in [0.2, 0.25) is 20.1 Å². The minimum atomic E-state index is -0.583. The molecule has 320 valence electrons. The number of aliphatic hydroxyl groups is 2. The summed E-state index contributed by atoms with van der Waals surface area (Å²) in [6, 6.07) is 42.8. The lowest BCUT2D eigenvalue weighted by molar-refractivity contribution is 0.101. The molecule has 0 aliphatic carbocycles. The van der Waals surface area contributed by atoms with Crippen LogP contribution in [0, 0.1) is 0 Å². The Morgan fingerprint density at radius 2 is 0.750 bits per heavy atom. The van der Waals surface area contributed by atoms with Gasteiger partial charge in [0.15, 0.2) is 17.3 Å². The number of β-amino-alcohol motifs (C(OH)–C–C–N with tert-alkyl or cyclic N) is 2. The quantitative estimate of drug-likeness (QED) is 0.105. The molecule has 0 saturated carbocycles. The first-order valence-electron chi connectivity index (χ1n) is 20.5. The summed E-state index contributed by atoms with van der Waals surface area (Å²) in [4.78, 5) is 46.2. The van der Waals surface area contributed by atoms with Crippen molar-refractivity contribution in [2.75, 3.05) is 26.3 Å². The zero-order chi connectivity index (χ0) is 44.9. The van der Waals surface area contributed by atoms with Gasteiger partial charge in [0.2, 0.25) is 0 Å². The average molecular weight is 927 g/mol. The van der Waals surface area contributed by atoms with E-state index in [1.165, 1.54) is 0 Å². The molecule has 2 N–H and O–H groups in total. The van der Waals surface area contributed by atoms with Crippen LogP contribution >= 0.6 is 46.4 Å². The highest BCUT2D eigenvalue weighted by Crippen LogP contribution is 2.46. The van der Waals surface area contributed by atoms with Crippen molar-refractivity contribution in [1.29, 1.82) is 0 Å². The number of rotatable bonds is 14. The van der Waals surface area contributed by atoms with E-state index in [1.54, 1.807) is 107 Å². The second-order valence-electron chi connectivity index (χ2n) is 15.4. The maximum Gasteiger partial charge on any atom is 0.193 e. The van der Waals surface area contributed by atoms with Crippen molar-refractivity contribution in [3.05, 3.63) is 246 Å². The number of hydrogen-bond donors (Lipinski definition) is 2. The van der Waals surface area contributed by atoms with Crippen LogP contribution in [0.3, 0.4) is 0 Å². The van der Waals surface area contributed by atoms with Crippen LogP contribution in [0.5, 0.6) is 0 Å². The van der Waals surface area contributed by atoms with Crippen LogP contribution in [0.1, 0.15) is 70.7 Å². The van der Waals surface area contributed by atoms with E-state index in [9.17, 15) is 24.6 Å². The number of aliphatic hydroxyl groups excluding tert-OH is 2. The summed E-state index contributed by atoms with van der Waals surface area (Å²) >= 11 is 26.1. The Morgan fingerprint density at radius 1 is 0.422 bits per heavy atom. The number of halogens is 4. The van der Waals surface area contributed by atoms with Gasteiger partial charge < -0.3 is 20.0 Å². The highest BCUT2D eigenvalue weighted by atomic mass is 35.5. The van der Waals surface area contributed by atoms with Gasteiger partial charge in [0.05, 0.1) is 13.2 Å². The molecule has 0 bridgehead atoms. The van der Waals surface area contributed by atoms with Crippen LogP contribution < -0.4 is 0 Å². The number of carbonyl (C=O) groups is 3. The molecule has 2 atom stereocenters. The fourth-order valence-electron chi connectivity index (χ4n) is 8.28. The zero-order valence-electron chi connectivity index (χ0n) is 34.2. The largest absolute Gasteiger partial charge is 0.395 e. The van der Waals surface area contributed by atoms with E-state index in [4.69, 9.17) is 46.4 Å². The van der Waals surface area contributed by atoms with Crippen LogP contribution in [0.4, 0.5) is 0 Å². The number of ketones is 3. The molecule has 11 heteroatoms. The van der Waals surface area contributed by atoms with Crippen molar-refractivity contribution < 1.29 is 24.6 Å². The van der Waals surface area contributed by atoms with Crippen molar-refractivity contribution in [2.24, 2.45) is 0 Å². The zero-order valence-corrected chi connectivity index (χ0v) is 37.2. The molecule has 0 saturated heterocycles. The molecule has 0 aromatic heterocycles. The highest BCUT2D eigenvalue weighted by Gasteiger charge is 2.34. The van der Waals surface area contributed by atoms with Crippen molar-refractivity contribution >= 4 is 74.9 Å². The molecule has 7 nitrogen and oxygen atoms in total.